The van der Waals surface area contributed by atoms with Crippen molar-refractivity contribution in [2.24, 2.45) is 0 Å². The van der Waals surface area contributed by atoms with Gasteiger partial charge in [-0.15, -0.1) is 0 Å². The summed E-state index contributed by atoms with van der Waals surface area (Å²) in [5, 5.41) is 2.85. The first-order valence-corrected chi connectivity index (χ1v) is 6.58. The van der Waals surface area contributed by atoms with Gasteiger partial charge < -0.3 is 5.32 Å². The molecule has 5 nitrogen and oxygen atoms in total. The quantitative estimate of drug-likeness (QED) is 0.768. The third-order valence-electron chi connectivity index (χ3n) is 1.66. The minimum atomic E-state index is -3.44. The molecule has 0 amide bonds. The number of pyridine rings is 1. The van der Waals surface area contributed by atoms with Crippen LogP contribution in [0, 0.1) is 0 Å². The van der Waals surface area contributed by atoms with Crippen molar-refractivity contribution >= 4 is 26.0 Å². The van der Waals surface area contributed by atoms with Gasteiger partial charge in [0, 0.05) is 30.0 Å². The normalized spacial score (nSPS) is 11.6. The van der Waals surface area contributed by atoms with Gasteiger partial charge in [0.2, 0.25) is 10.0 Å². The van der Waals surface area contributed by atoms with Crippen molar-refractivity contribution in [2.45, 2.75) is 4.90 Å². The van der Waals surface area contributed by atoms with Gasteiger partial charge in [0.1, 0.15) is 4.90 Å². The van der Waals surface area contributed by atoms with E-state index in [4.69, 9.17) is 0 Å². The maximum absolute atomic E-state index is 11.7. The molecular weight excluding hydrogens is 282 g/mol. The van der Waals surface area contributed by atoms with E-state index in [1.54, 1.807) is 7.05 Å². The zero-order valence-corrected chi connectivity index (χ0v) is 10.6. The van der Waals surface area contributed by atoms with Crippen molar-refractivity contribution in [1.82, 2.24) is 15.0 Å². The molecule has 0 fully saturated rings. The monoisotopic (exact) mass is 293 g/mol. The lowest BCUT2D eigenvalue weighted by atomic mass is 10.5. The van der Waals surface area contributed by atoms with Crippen molar-refractivity contribution in [3.8, 4) is 0 Å². The number of halogens is 1. The molecule has 7 heteroatoms. The fourth-order valence-electron chi connectivity index (χ4n) is 0.933. The van der Waals surface area contributed by atoms with Gasteiger partial charge in [-0.1, -0.05) is 0 Å². The average Bonchev–Trinajstić information content (AvgIpc) is 2.18. The number of nitrogens with zero attached hydrogens (tertiary/aromatic N) is 1. The summed E-state index contributed by atoms with van der Waals surface area (Å²) in [7, 11) is -1.68. The highest BCUT2D eigenvalue weighted by molar-refractivity contribution is 9.10. The Balaban J connectivity index is 2.77. The second kappa shape index (κ2) is 5.55. The molecule has 0 saturated carbocycles. The smallest absolute Gasteiger partial charge is 0.242 e. The van der Waals surface area contributed by atoms with Crippen LogP contribution >= 0.6 is 15.9 Å². The molecule has 1 heterocycles. The predicted molar refractivity (Wildman–Crippen MR) is 61.1 cm³/mol. The SMILES string of the molecule is CNCCNS(=O)(=O)c1cncc(Br)c1. The minimum Gasteiger partial charge on any atom is -0.318 e. The van der Waals surface area contributed by atoms with E-state index < -0.39 is 10.0 Å². The Morgan fingerprint density at radius 3 is 2.73 bits per heavy atom. The Kier molecular flexibility index (Phi) is 4.65. The second-order valence-electron chi connectivity index (χ2n) is 2.84. The molecule has 1 rings (SSSR count). The van der Waals surface area contributed by atoms with E-state index in [1.807, 2.05) is 0 Å². The van der Waals surface area contributed by atoms with Crippen LogP contribution in [0.5, 0.6) is 0 Å². The van der Waals surface area contributed by atoms with Crippen LogP contribution in [0.15, 0.2) is 27.8 Å². The van der Waals surface area contributed by atoms with Crippen LogP contribution < -0.4 is 10.0 Å². The third-order valence-corrected chi connectivity index (χ3v) is 3.52. The first-order valence-electron chi connectivity index (χ1n) is 4.31. The summed E-state index contributed by atoms with van der Waals surface area (Å²) in [4.78, 5) is 3.96. The molecule has 15 heavy (non-hydrogen) atoms. The molecule has 0 saturated heterocycles. The van der Waals surface area contributed by atoms with E-state index >= 15 is 0 Å². The number of nitrogens with one attached hydrogen (secondary N) is 2. The topological polar surface area (TPSA) is 71.1 Å². The molecule has 0 aliphatic carbocycles. The molecule has 1 aromatic heterocycles. The van der Waals surface area contributed by atoms with Crippen molar-refractivity contribution in [3.05, 3.63) is 22.9 Å². The number of likely N-dealkylation sites (N-methyl/N-ethyl adjacent to an activating group) is 1. The Labute approximate surface area is 97.5 Å². The Morgan fingerprint density at radius 1 is 1.40 bits per heavy atom. The second-order valence-corrected chi connectivity index (χ2v) is 5.52. The van der Waals surface area contributed by atoms with Crippen molar-refractivity contribution < 1.29 is 8.42 Å². The van der Waals surface area contributed by atoms with Gasteiger partial charge in [-0.3, -0.25) is 4.98 Å². The number of sulfonamides is 1. The summed E-state index contributed by atoms with van der Waals surface area (Å²) >= 11 is 3.17. The van der Waals surface area contributed by atoms with E-state index in [0.29, 0.717) is 17.6 Å². The Hall–Kier alpha value is -0.500. The van der Waals surface area contributed by atoms with Crippen molar-refractivity contribution in [1.29, 1.82) is 0 Å². The molecule has 2 N–H and O–H groups in total. The lowest BCUT2D eigenvalue weighted by molar-refractivity contribution is 0.579. The van der Waals surface area contributed by atoms with E-state index in [0.717, 1.165) is 0 Å². The number of hydrogen-bond donors (Lipinski definition) is 2. The molecule has 1 aromatic rings. The van der Waals surface area contributed by atoms with Gasteiger partial charge in [0.05, 0.1) is 0 Å². The first-order chi connectivity index (χ1) is 7.06. The van der Waals surface area contributed by atoms with E-state index in [9.17, 15) is 8.42 Å². The van der Waals surface area contributed by atoms with Crippen LogP contribution in [0.3, 0.4) is 0 Å². The number of aromatic nitrogens is 1. The van der Waals surface area contributed by atoms with Gasteiger partial charge in [-0.25, -0.2) is 13.1 Å². The summed E-state index contributed by atoms with van der Waals surface area (Å²) < 4.78 is 26.4. The molecule has 0 aromatic carbocycles. The van der Waals surface area contributed by atoms with Gasteiger partial charge in [0.15, 0.2) is 0 Å². The predicted octanol–water partition coefficient (Wildman–Crippen LogP) is 0.342. The molecule has 84 valence electrons. The van der Waals surface area contributed by atoms with Gasteiger partial charge >= 0.3 is 0 Å². The van der Waals surface area contributed by atoms with Crippen molar-refractivity contribution in [3.63, 3.8) is 0 Å². The summed E-state index contributed by atoms with van der Waals surface area (Å²) in [6, 6.07) is 1.51. The first kappa shape index (κ1) is 12.6. The summed E-state index contributed by atoms with van der Waals surface area (Å²) in [6.45, 7) is 0.937. The van der Waals surface area contributed by atoms with Crippen molar-refractivity contribution in [2.75, 3.05) is 20.1 Å². The maximum Gasteiger partial charge on any atom is 0.242 e. The summed E-state index contributed by atoms with van der Waals surface area (Å²) in [5.74, 6) is 0. The minimum absolute atomic E-state index is 0.160. The highest BCUT2D eigenvalue weighted by atomic mass is 79.9. The molecule has 0 spiro atoms. The maximum atomic E-state index is 11.7. The zero-order chi connectivity index (χ0) is 11.3. The van der Waals surface area contributed by atoms with Crippen LogP contribution in [0.1, 0.15) is 0 Å². The van der Waals surface area contributed by atoms with E-state index in [-0.39, 0.29) is 4.90 Å². The fourth-order valence-corrected chi connectivity index (χ4v) is 2.47. The van der Waals surface area contributed by atoms with E-state index in [2.05, 4.69) is 31.0 Å². The molecule has 0 unspecified atom stereocenters. The summed E-state index contributed by atoms with van der Waals surface area (Å²) in [5.41, 5.74) is 0. The number of rotatable bonds is 5. The summed E-state index contributed by atoms with van der Waals surface area (Å²) in [6.07, 6.45) is 2.85. The highest BCUT2D eigenvalue weighted by Crippen LogP contribution is 2.13. The van der Waals surface area contributed by atoms with Crippen LogP contribution in [-0.4, -0.2) is 33.5 Å². The van der Waals surface area contributed by atoms with Crippen LogP contribution in [0.2, 0.25) is 0 Å². The average molecular weight is 294 g/mol. The Morgan fingerprint density at radius 2 is 2.13 bits per heavy atom. The number of hydrogen-bond acceptors (Lipinski definition) is 4. The van der Waals surface area contributed by atoms with Gasteiger partial charge in [-0.05, 0) is 29.0 Å². The van der Waals surface area contributed by atoms with Gasteiger partial charge in [0.25, 0.3) is 0 Å². The van der Waals surface area contributed by atoms with Crippen LogP contribution in [-0.2, 0) is 10.0 Å². The highest BCUT2D eigenvalue weighted by Gasteiger charge is 2.13. The zero-order valence-electron chi connectivity index (χ0n) is 8.20. The molecular formula is C8H12BrN3O2S. The molecule has 0 radical (unpaired) electrons. The Bertz CT molecular complexity index is 422. The molecule has 0 bridgehead atoms. The van der Waals surface area contributed by atoms with Crippen LogP contribution in [0.4, 0.5) is 0 Å². The third kappa shape index (κ3) is 3.86. The molecule has 0 aliphatic heterocycles. The van der Waals surface area contributed by atoms with E-state index in [1.165, 1.54) is 18.5 Å². The van der Waals surface area contributed by atoms with Crippen LogP contribution in [0.25, 0.3) is 0 Å². The lowest BCUT2D eigenvalue weighted by Crippen LogP contribution is -2.30. The lowest BCUT2D eigenvalue weighted by Gasteiger charge is -2.05. The van der Waals surface area contributed by atoms with Gasteiger partial charge in [-0.2, -0.15) is 0 Å². The fraction of sp³-hybridized carbons (Fsp3) is 0.375. The largest absolute Gasteiger partial charge is 0.318 e. The molecule has 0 atom stereocenters. The molecule has 0 aliphatic rings. The standard InChI is InChI=1S/C8H12BrN3O2S/c1-10-2-3-12-15(13,14)8-4-7(9)5-11-6-8/h4-6,10,12H,2-3H2,1H3.